The van der Waals surface area contributed by atoms with Gasteiger partial charge >= 0.3 is 0 Å². The quantitative estimate of drug-likeness (QED) is 0.392. The summed E-state index contributed by atoms with van der Waals surface area (Å²) >= 11 is 3.36. The van der Waals surface area contributed by atoms with E-state index in [1.165, 1.54) is 12.0 Å². The van der Waals surface area contributed by atoms with Gasteiger partial charge in [-0.3, -0.25) is 0 Å². The molecule has 0 amide bonds. The molecule has 1 rings (SSSR count). The van der Waals surface area contributed by atoms with Crippen molar-refractivity contribution in [3.63, 3.8) is 0 Å². The summed E-state index contributed by atoms with van der Waals surface area (Å²) in [6.07, 6.45) is 1.26. The summed E-state index contributed by atoms with van der Waals surface area (Å²) in [5, 5.41) is 1.12. The molecule has 1 unspecified atom stereocenters. The van der Waals surface area contributed by atoms with Gasteiger partial charge in [0.1, 0.15) is 0 Å². The molecule has 0 radical (unpaired) electrons. The average molecular weight is 147 g/mol. The van der Waals surface area contributed by atoms with Crippen LogP contribution in [0.2, 0.25) is 0 Å². The molecule has 0 N–H and O–H groups in total. The van der Waals surface area contributed by atoms with Crippen LogP contribution in [0, 0.1) is 5.92 Å². The van der Waals surface area contributed by atoms with Crippen molar-refractivity contribution in [1.29, 1.82) is 0 Å². The van der Waals surface area contributed by atoms with Crippen LogP contribution >= 0.6 is 15.9 Å². The standard InChI is InChI=1S/C5H7Br/c1-4-2-5(4)3-6/h5H,1-3H2. The molecule has 0 heterocycles. The molecular weight excluding hydrogens is 140 g/mol. The fraction of sp³-hybridized carbons (Fsp3) is 0.600. The molecule has 0 bridgehead atoms. The summed E-state index contributed by atoms with van der Waals surface area (Å²) in [5.74, 6) is 0.824. The van der Waals surface area contributed by atoms with Crippen LogP contribution in [0.15, 0.2) is 12.2 Å². The molecule has 1 aliphatic rings. The average Bonchev–Trinajstić information content (AvgIpc) is 2.19. The molecule has 1 fully saturated rings. The first-order valence-corrected chi connectivity index (χ1v) is 3.20. The summed E-state index contributed by atoms with van der Waals surface area (Å²) < 4.78 is 0. The molecule has 1 aliphatic carbocycles. The van der Waals surface area contributed by atoms with Crippen LogP contribution in [0.25, 0.3) is 0 Å². The largest absolute Gasteiger partial charge is 0.0995 e. The zero-order valence-corrected chi connectivity index (χ0v) is 5.16. The molecule has 6 heavy (non-hydrogen) atoms. The highest BCUT2D eigenvalue weighted by Gasteiger charge is 2.24. The Morgan fingerprint density at radius 1 is 2.00 bits per heavy atom. The molecule has 0 nitrogen and oxygen atoms in total. The van der Waals surface area contributed by atoms with Gasteiger partial charge in [-0.25, -0.2) is 0 Å². The fourth-order valence-corrected chi connectivity index (χ4v) is 1.11. The van der Waals surface area contributed by atoms with Crippen LogP contribution in [0.3, 0.4) is 0 Å². The Morgan fingerprint density at radius 2 is 2.50 bits per heavy atom. The van der Waals surface area contributed by atoms with Gasteiger partial charge in [-0.05, 0) is 12.3 Å². The second kappa shape index (κ2) is 1.38. The minimum atomic E-state index is 0.824. The van der Waals surface area contributed by atoms with E-state index in [2.05, 4.69) is 22.5 Å². The number of halogens is 1. The highest BCUT2D eigenvalue weighted by atomic mass is 79.9. The smallest absolute Gasteiger partial charge is 0.00999 e. The van der Waals surface area contributed by atoms with Gasteiger partial charge in [0.15, 0.2) is 0 Å². The van der Waals surface area contributed by atoms with Crippen LogP contribution in [-0.4, -0.2) is 5.33 Å². The minimum Gasteiger partial charge on any atom is -0.0995 e. The van der Waals surface area contributed by atoms with Crippen molar-refractivity contribution in [1.82, 2.24) is 0 Å². The van der Waals surface area contributed by atoms with Crippen LogP contribution in [0.1, 0.15) is 6.42 Å². The van der Waals surface area contributed by atoms with Crippen LogP contribution in [0.4, 0.5) is 0 Å². The molecule has 0 aromatic carbocycles. The predicted octanol–water partition coefficient (Wildman–Crippen LogP) is 1.96. The van der Waals surface area contributed by atoms with Gasteiger partial charge in [0.05, 0.1) is 0 Å². The second-order valence-electron chi connectivity index (χ2n) is 1.71. The first-order valence-electron chi connectivity index (χ1n) is 2.08. The lowest BCUT2D eigenvalue weighted by Crippen LogP contribution is -1.68. The van der Waals surface area contributed by atoms with E-state index in [0.29, 0.717) is 0 Å². The molecule has 0 aromatic heterocycles. The van der Waals surface area contributed by atoms with Crippen LogP contribution < -0.4 is 0 Å². The monoisotopic (exact) mass is 146 g/mol. The van der Waals surface area contributed by atoms with E-state index in [1.807, 2.05) is 0 Å². The van der Waals surface area contributed by atoms with Gasteiger partial charge in [-0.1, -0.05) is 28.1 Å². The van der Waals surface area contributed by atoms with E-state index in [0.717, 1.165) is 11.2 Å². The summed E-state index contributed by atoms with van der Waals surface area (Å²) in [4.78, 5) is 0. The molecule has 34 valence electrons. The number of hydrogen-bond acceptors (Lipinski definition) is 0. The van der Waals surface area contributed by atoms with Crippen molar-refractivity contribution in [2.24, 2.45) is 5.92 Å². The van der Waals surface area contributed by atoms with E-state index in [4.69, 9.17) is 0 Å². The van der Waals surface area contributed by atoms with Crippen molar-refractivity contribution in [2.75, 3.05) is 5.33 Å². The lowest BCUT2D eigenvalue weighted by Gasteiger charge is -1.72. The molecule has 1 heteroatoms. The SMILES string of the molecule is C=C1CC1CBr. The number of allylic oxidation sites excluding steroid dienone is 1. The molecular formula is C5H7Br. The van der Waals surface area contributed by atoms with E-state index in [9.17, 15) is 0 Å². The topological polar surface area (TPSA) is 0 Å². The molecule has 0 aromatic rings. The van der Waals surface area contributed by atoms with E-state index < -0.39 is 0 Å². The molecule has 0 saturated heterocycles. The van der Waals surface area contributed by atoms with Crippen LogP contribution in [0.5, 0.6) is 0 Å². The Hall–Kier alpha value is 0.220. The van der Waals surface area contributed by atoms with Gasteiger partial charge in [0.25, 0.3) is 0 Å². The summed E-state index contributed by atoms with van der Waals surface area (Å²) in [7, 11) is 0. The van der Waals surface area contributed by atoms with Crippen molar-refractivity contribution in [2.45, 2.75) is 6.42 Å². The molecule has 1 atom stereocenters. The first-order chi connectivity index (χ1) is 2.84. The number of alkyl halides is 1. The minimum absolute atomic E-state index is 0.824. The van der Waals surface area contributed by atoms with Crippen molar-refractivity contribution < 1.29 is 0 Å². The highest BCUT2D eigenvalue weighted by molar-refractivity contribution is 9.09. The summed E-state index contributed by atoms with van der Waals surface area (Å²) in [6, 6.07) is 0. The van der Waals surface area contributed by atoms with E-state index >= 15 is 0 Å². The lowest BCUT2D eigenvalue weighted by atomic mass is 10.5. The van der Waals surface area contributed by atoms with Gasteiger partial charge in [0.2, 0.25) is 0 Å². The van der Waals surface area contributed by atoms with E-state index in [-0.39, 0.29) is 0 Å². The Balaban J connectivity index is 2.26. The second-order valence-corrected chi connectivity index (χ2v) is 2.36. The third-order valence-electron chi connectivity index (χ3n) is 1.11. The van der Waals surface area contributed by atoms with Crippen molar-refractivity contribution >= 4 is 15.9 Å². The van der Waals surface area contributed by atoms with Gasteiger partial charge in [0, 0.05) is 5.33 Å². The predicted molar refractivity (Wildman–Crippen MR) is 31.0 cm³/mol. The van der Waals surface area contributed by atoms with Crippen LogP contribution in [-0.2, 0) is 0 Å². The van der Waals surface area contributed by atoms with Crippen molar-refractivity contribution in [3.05, 3.63) is 12.2 Å². The third-order valence-corrected chi connectivity index (χ3v) is 1.89. The zero-order chi connectivity index (χ0) is 4.57. The first kappa shape index (κ1) is 4.38. The Labute approximate surface area is 46.4 Å². The maximum atomic E-state index is 3.79. The lowest BCUT2D eigenvalue weighted by molar-refractivity contribution is 1.05. The zero-order valence-electron chi connectivity index (χ0n) is 3.58. The van der Waals surface area contributed by atoms with E-state index in [1.54, 1.807) is 0 Å². The van der Waals surface area contributed by atoms with Crippen molar-refractivity contribution in [3.8, 4) is 0 Å². The fourth-order valence-electron chi connectivity index (χ4n) is 0.421. The summed E-state index contributed by atoms with van der Waals surface area (Å²) in [5.41, 5.74) is 1.41. The number of rotatable bonds is 1. The Bertz CT molecular complexity index is 76.0. The van der Waals surface area contributed by atoms with Gasteiger partial charge in [-0.15, -0.1) is 0 Å². The maximum Gasteiger partial charge on any atom is 0.00999 e. The molecule has 1 saturated carbocycles. The Kier molecular flexibility index (Phi) is 1.00. The maximum absolute atomic E-state index is 3.79. The summed E-state index contributed by atoms with van der Waals surface area (Å²) in [6.45, 7) is 3.79. The third kappa shape index (κ3) is 0.648. The molecule has 0 aliphatic heterocycles. The Morgan fingerprint density at radius 3 is 2.50 bits per heavy atom. The molecule has 0 spiro atoms. The highest BCUT2D eigenvalue weighted by Crippen LogP contribution is 2.36. The normalized spacial score (nSPS) is 30.8. The van der Waals surface area contributed by atoms with Gasteiger partial charge < -0.3 is 0 Å². The van der Waals surface area contributed by atoms with Gasteiger partial charge in [-0.2, -0.15) is 0 Å². The number of hydrogen-bond donors (Lipinski definition) is 0.